The van der Waals surface area contributed by atoms with Crippen LogP contribution in [0.15, 0.2) is 42.5 Å². The molecule has 0 radical (unpaired) electrons. The van der Waals surface area contributed by atoms with Crippen molar-refractivity contribution in [3.63, 3.8) is 0 Å². The quantitative estimate of drug-likeness (QED) is 0.820. The summed E-state index contributed by atoms with van der Waals surface area (Å²) >= 11 is 0. The summed E-state index contributed by atoms with van der Waals surface area (Å²) in [6, 6.07) is 10.4. The fourth-order valence-electron chi connectivity index (χ4n) is 3.09. The molecule has 8 heteroatoms. The number of rotatable bonds is 4. The minimum absolute atomic E-state index is 0.424. The fraction of sp³-hybridized carbons (Fsp3) is 0.278. The van der Waals surface area contributed by atoms with Crippen LogP contribution in [0.5, 0.6) is 0 Å². The number of nitrogens with zero attached hydrogens (tertiary/aromatic N) is 2. The average Bonchev–Trinajstić information content (AvgIpc) is 2.59. The maximum atomic E-state index is 14.1. The molecule has 2 aromatic carbocycles. The molecule has 0 N–H and O–H groups in total. The number of carbonyl (C=O) groups is 1. The van der Waals surface area contributed by atoms with Crippen LogP contribution in [0.4, 0.5) is 20.2 Å². The number of amides is 1. The van der Waals surface area contributed by atoms with Crippen LogP contribution in [0.3, 0.4) is 0 Å². The molecule has 2 aromatic rings. The lowest BCUT2D eigenvalue weighted by Crippen LogP contribution is -2.45. The number of hydrogen-bond acceptors (Lipinski definition) is 3. The van der Waals surface area contributed by atoms with Crippen LogP contribution < -0.4 is 9.21 Å². The van der Waals surface area contributed by atoms with Crippen LogP contribution in [0.2, 0.25) is 0 Å². The minimum Gasteiger partial charge on any atom is -0.311 e. The van der Waals surface area contributed by atoms with E-state index in [-0.39, 0.29) is 0 Å². The Morgan fingerprint density at radius 3 is 2.42 bits per heavy atom. The SMILES string of the molecule is CS(=O)(=O)N(CC(=O)N1CCCc2ccccc21)c1c(F)cccc1F. The van der Waals surface area contributed by atoms with Gasteiger partial charge in [-0.05, 0) is 36.6 Å². The Kier molecular flexibility index (Phi) is 4.95. The molecule has 1 heterocycles. The molecule has 5 nitrogen and oxygen atoms in total. The van der Waals surface area contributed by atoms with E-state index in [2.05, 4.69) is 0 Å². The number of halogens is 2. The summed E-state index contributed by atoms with van der Waals surface area (Å²) in [6.07, 6.45) is 2.36. The third kappa shape index (κ3) is 3.55. The zero-order valence-corrected chi connectivity index (χ0v) is 15.0. The topological polar surface area (TPSA) is 57.7 Å². The molecule has 138 valence electrons. The second-order valence-corrected chi connectivity index (χ2v) is 8.02. The molecule has 1 aliphatic rings. The van der Waals surface area contributed by atoms with Crippen LogP contribution in [0, 0.1) is 11.6 Å². The van der Waals surface area contributed by atoms with Crippen LogP contribution in [0.25, 0.3) is 0 Å². The van der Waals surface area contributed by atoms with E-state index in [1.807, 2.05) is 12.1 Å². The van der Waals surface area contributed by atoms with Gasteiger partial charge in [0.2, 0.25) is 15.9 Å². The van der Waals surface area contributed by atoms with E-state index in [0.717, 1.165) is 42.9 Å². The van der Waals surface area contributed by atoms with E-state index < -0.39 is 39.8 Å². The smallest absolute Gasteiger partial charge is 0.247 e. The Morgan fingerprint density at radius 1 is 1.12 bits per heavy atom. The number of fused-ring (bicyclic) bond motifs is 1. The molecule has 3 rings (SSSR count). The molecule has 0 atom stereocenters. The predicted molar refractivity (Wildman–Crippen MR) is 95.7 cm³/mol. The van der Waals surface area contributed by atoms with E-state index in [9.17, 15) is 22.0 Å². The number of anilines is 2. The van der Waals surface area contributed by atoms with Crippen molar-refractivity contribution in [1.29, 1.82) is 0 Å². The van der Waals surface area contributed by atoms with Gasteiger partial charge in [0, 0.05) is 12.2 Å². The molecule has 0 saturated heterocycles. The highest BCUT2D eigenvalue weighted by Crippen LogP contribution is 2.29. The monoisotopic (exact) mass is 380 g/mol. The number of aryl methyl sites for hydroxylation is 1. The molecular formula is C18H18F2N2O3S. The third-order valence-corrected chi connectivity index (χ3v) is 5.39. The number of carbonyl (C=O) groups excluding carboxylic acids is 1. The van der Waals surface area contributed by atoms with Gasteiger partial charge in [-0.1, -0.05) is 24.3 Å². The van der Waals surface area contributed by atoms with Crippen molar-refractivity contribution < 1.29 is 22.0 Å². The first kappa shape index (κ1) is 18.3. The van der Waals surface area contributed by atoms with Gasteiger partial charge in [-0.3, -0.25) is 9.10 Å². The van der Waals surface area contributed by atoms with Gasteiger partial charge in [-0.2, -0.15) is 0 Å². The fourth-order valence-corrected chi connectivity index (χ4v) is 3.94. The van der Waals surface area contributed by atoms with Gasteiger partial charge < -0.3 is 4.90 Å². The Bertz CT molecular complexity index is 927. The zero-order chi connectivity index (χ0) is 18.9. The summed E-state index contributed by atoms with van der Waals surface area (Å²) in [5.41, 5.74) is 0.940. The average molecular weight is 380 g/mol. The molecule has 0 fully saturated rings. The Morgan fingerprint density at radius 2 is 1.77 bits per heavy atom. The van der Waals surface area contributed by atoms with E-state index in [1.165, 1.54) is 4.90 Å². The van der Waals surface area contributed by atoms with Gasteiger partial charge >= 0.3 is 0 Å². The molecule has 0 bridgehead atoms. The van der Waals surface area contributed by atoms with Crippen molar-refractivity contribution in [2.75, 3.05) is 28.6 Å². The van der Waals surface area contributed by atoms with Crippen LogP contribution in [0.1, 0.15) is 12.0 Å². The van der Waals surface area contributed by atoms with Crippen LogP contribution in [-0.2, 0) is 21.2 Å². The van der Waals surface area contributed by atoms with E-state index in [1.54, 1.807) is 12.1 Å². The normalized spacial score (nSPS) is 14.0. The number of benzene rings is 2. The largest absolute Gasteiger partial charge is 0.311 e. The Labute approximate surface area is 150 Å². The molecular weight excluding hydrogens is 362 g/mol. The summed E-state index contributed by atoms with van der Waals surface area (Å²) in [7, 11) is -4.07. The number of para-hydroxylation sites is 2. The molecule has 0 aromatic heterocycles. The second kappa shape index (κ2) is 7.03. The van der Waals surface area contributed by atoms with Crippen molar-refractivity contribution in [1.82, 2.24) is 0 Å². The number of sulfonamides is 1. The first-order valence-corrected chi connectivity index (χ1v) is 9.94. The number of hydrogen-bond donors (Lipinski definition) is 0. The molecule has 0 spiro atoms. The van der Waals surface area contributed by atoms with E-state index >= 15 is 0 Å². The second-order valence-electron chi connectivity index (χ2n) is 6.12. The molecule has 0 unspecified atom stereocenters. The van der Waals surface area contributed by atoms with Crippen molar-refractivity contribution in [3.8, 4) is 0 Å². The molecule has 26 heavy (non-hydrogen) atoms. The first-order valence-electron chi connectivity index (χ1n) is 8.09. The first-order chi connectivity index (χ1) is 12.3. The molecule has 0 saturated carbocycles. The summed E-state index contributed by atoms with van der Waals surface area (Å²) in [4.78, 5) is 14.3. The highest BCUT2D eigenvalue weighted by molar-refractivity contribution is 7.92. The molecule has 1 aliphatic heterocycles. The molecule has 1 amide bonds. The van der Waals surface area contributed by atoms with Gasteiger partial charge in [-0.25, -0.2) is 17.2 Å². The van der Waals surface area contributed by atoms with Gasteiger partial charge in [0.05, 0.1) is 6.26 Å². The van der Waals surface area contributed by atoms with Crippen LogP contribution in [-0.4, -0.2) is 33.7 Å². The Hall–Kier alpha value is -2.48. The van der Waals surface area contributed by atoms with Gasteiger partial charge in [0.25, 0.3) is 0 Å². The molecule has 0 aliphatic carbocycles. The van der Waals surface area contributed by atoms with Gasteiger partial charge in [0.1, 0.15) is 12.2 Å². The van der Waals surface area contributed by atoms with E-state index in [0.29, 0.717) is 16.5 Å². The third-order valence-electron chi connectivity index (χ3n) is 4.28. The lowest BCUT2D eigenvalue weighted by Gasteiger charge is -2.31. The predicted octanol–water partition coefficient (Wildman–Crippen LogP) is 2.71. The van der Waals surface area contributed by atoms with Gasteiger partial charge in [0.15, 0.2) is 11.6 Å². The standard InChI is InChI=1S/C18H18F2N2O3S/c1-26(24,25)22(18-14(19)8-4-9-15(18)20)12-17(23)21-11-5-7-13-6-2-3-10-16(13)21/h2-4,6,8-10H,5,7,11-12H2,1H3. The minimum atomic E-state index is -4.07. The van der Waals surface area contributed by atoms with Crippen molar-refractivity contribution in [2.24, 2.45) is 0 Å². The summed E-state index contributed by atoms with van der Waals surface area (Å²) in [5, 5.41) is 0. The van der Waals surface area contributed by atoms with Crippen LogP contribution >= 0.6 is 0 Å². The zero-order valence-electron chi connectivity index (χ0n) is 14.2. The maximum absolute atomic E-state index is 14.1. The van der Waals surface area contributed by atoms with Crippen molar-refractivity contribution in [3.05, 3.63) is 59.7 Å². The summed E-state index contributed by atoms with van der Waals surface area (Å²) < 4.78 is 52.9. The van der Waals surface area contributed by atoms with Crippen molar-refractivity contribution in [2.45, 2.75) is 12.8 Å². The van der Waals surface area contributed by atoms with E-state index in [4.69, 9.17) is 0 Å². The maximum Gasteiger partial charge on any atom is 0.247 e. The lowest BCUT2D eigenvalue weighted by molar-refractivity contribution is -0.117. The highest BCUT2D eigenvalue weighted by atomic mass is 32.2. The Balaban J connectivity index is 1.96. The van der Waals surface area contributed by atoms with Gasteiger partial charge in [-0.15, -0.1) is 0 Å². The summed E-state index contributed by atoms with van der Waals surface area (Å²) in [6.45, 7) is -0.252. The van der Waals surface area contributed by atoms with Crippen molar-refractivity contribution >= 4 is 27.3 Å². The highest BCUT2D eigenvalue weighted by Gasteiger charge is 2.30. The summed E-state index contributed by atoms with van der Waals surface area (Å²) in [5.74, 6) is -2.62. The lowest BCUT2D eigenvalue weighted by atomic mass is 10.0.